The molecule has 0 saturated carbocycles. The normalized spacial score (nSPS) is 10.5. The zero-order chi connectivity index (χ0) is 11.6. The Labute approximate surface area is 94.3 Å². The summed E-state index contributed by atoms with van der Waals surface area (Å²) in [6, 6.07) is 1.76. The number of nitrogens with zero attached hydrogens (tertiary/aromatic N) is 3. The number of rotatable bonds is 2. The predicted octanol–water partition coefficient (Wildman–Crippen LogP) is 1.92. The molecule has 0 atom stereocenters. The third-order valence-electron chi connectivity index (χ3n) is 2.14. The van der Waals surface area contributed by atoms with Crippen LogP contribution < -0.4 is 0 Å². The molecule has 1 heterocycles. The zero-order valence-electron chi connectivity index (χ0n) is 9.28. The molecule has 4 nitrogen and oxygen atoms in total. The molecule has 0 unspecified atom stereocenters. The van der Waals surface area contributed by atoms with Gasteiger partial charge in [0, 0.05) is 18.8 Å². The highest BCUT2D eigenvalue weighted by molar-refractivity contribution is 6.28. The van der Waals surface area contributed by atoms with Crippen LogP contribution >= 0.6 is 11.6 Å². The first-order valence-corrected chi connectivity index (χ1v) is 5.08. The van der Waals surface area contributed by atoms with E-state index in [2.05, 4.69) is 9.97 Å². The van der Waals surface area contributed by atoms with E-state index in [-0.39, 0.29) is 17.2 Å². The highest BCUT2D eigenvalue weighted by Gasteiger charge is 2.16. The van der Waals surface area contributed by atoms with Crippen LogP contribution in [0, 0.1) is 6.92 Å². The number of hydrogen-bond donors (Lipinski definition) is 0. The van der Waals surface area contributed by atoms with Gasteiger partial charge in [0.05, 0.1) is 0 Å². The van der Waals surface area contributed by atoms with Crippen molar-refractivity contribution < 1.29 is 4.79 Å². The molecule has 1 aromatic rings. The Bertz CT molecular complexity index is 359. The molecule has 0 bridgehead atoms. The van der Waals surface area contributed by atoms with Gasteiger partial charge in [-0.25, -0.2) is 9.97 Å². The lowest BCUT2D eigenvalue weighted by atomic mass is 10.2. The van der Waals surface area contributed by atoms with Gasteiger partial charge in [0.25, 0.3) is 5.91 Å². The van der Waals surface area contributed by atoms with E-state index >= 15 is 0 Å². The highest BCUT2D eigenvalue weighted by atomic mass is 35.5. The lowest BCUT2D eigenvalue weighted by Gasteiger charge is -2.20. The molecule has 1 amide bonds. The lowest BCUT2D eigenvalue weighted by Crippen LogP contribution is -2.33. The van der Waals surface area contributed by atoms with Crippen LogP contribution in [0.15, 0.2) is 6.07 Å². The van der Waals surface area contributed by atoms with Gasteiger partial charge in [-0.05, 0) is 38.4 Å². The minimum absolute atomic E-state index is 0.107. The third kappa shape index (κ3) is 2.89. The van der Waals surface area contributed by atoms with E-state index in [1.807, 2.05) is 13.8 Å². The highest BCUT2D eigenvalue weighted by Crippen LogP contribution is 2.08. The number of carbonyl (C=O) groups excluding carboxylic acids is 1. The topological polar surface area (TPSA) is 46.1 Å². The van der Waals surface area contributed by atoms with Crippen molar-refractivity contribution in [1.82, 2.24) is 14.9 Å². The lowest BCUT2D eigenvalue weighted by molar-refractivity contribution is 0.0748. The summed E-state index contributed by atoms with van der Waals surface area (Å²) in [5, 5.41) is 0.107. The molecule has 1 aromatic heterocycles. The average Bonchev–Trinajstić information content (AvgIpc) is 2.13. The van der Waals surface area contributed by atoms with Gasteiger partial charge in [-0.2, -0.15) is 0 Å². The molecule has 0 aliphatic heterocycles. The van der Waals surface area contributed by atoms with Crippen molar-refractivity contribution in [3.05, 3.63) is 22.7 Å². The van der Waals surface area contributed by atoms with E-state index in [0.717, 1.165) is 0 Å². The standard InChI is InChI=1S/C10H14ClN3O/c1-6(2)14(4)9(15)8-5-7(3)12-10(11)13-8/h5-6H,1-4H3. The van der Waals surface area contributed by atoms with Gasteiger partial charge >= 0.3 is 0 Å². The SMILES string of the molecule is Cc1cc(C(=O)N(C)C(C)C)nc(Cl)n1. The quantitative estimate of drug-likeness (QED) is 0.726. The second-order valence-corrected chi connectivity index (χ2v) is 4.01. The maximum absolute atomic E-state index is 11.9. The van der Waals surface area contributed by atoms with Gasteiger partial charge in [0.1, 0.15) is 5.69 Å². The molecular formula is C10H14ClN3O. The van der Waals surface area contributed by atoms with Crippen molar-refractivity contribution in [2.45, 2.75) is 26.8 Å². The fourth-order valence-electron chi connectivity index (χ4n) is 1.06. The monoisotopic (exact) mass is 227 g/mol. The van der Waals surface area contributed by atoms with Crippen molar-refractivity contribution >= 4 is 17.5 Å². The van der Waals surface area contributed by atoms with Crippen molar-refractivity contribution in [1.29, 1.82) is 0 Å². The molecule has 0 fully saturated rings. The van der Waals surface area contributed by atoms with Gasteiger partial charge in [0.2, 0.25) is 5.28 Å². The molecule has 0 aliphatic rings. The first-order chi connectivity index (χ1) is 6.91. The second-order valence-electron chi connectivity index (χ2n) is 3.67. The molecule has 0 saturated heterocycles. The number of halogens is 1. The molecule has 0 N–H and O–H groups in total. The summed E-state index contributed by atoms with van der Waals surface area (Å²) in [5.74, 6) is -0.141. The Hall–Kier alpha value is -1.16. The summed E-state index contributed by atoms with van der Waals surface area (Å²) in [6.45, 7) is 5.65. The Morgan fingerprint density at radius 1 is 1.47 bits per heavy atom. The number of aryl methyl sites for hydroxylation is 1. The number of aromatic nitrogens is 2. The maximum Gasteiger partial charge on any atom is 0.272 e. The molecule has 0 spiro atoms. The fraction of sp³-hybridized carbons (Fsp3) is 0.500. The van der Waals surface area contributed by atoms with Crippen LogP contribution in [0.1, 0.15) is 30.0 Å². The summed E-state index contributed by atoms with van der Waals surface area (Å²) < 4.78 is 0. The third-order valence-corrected chi connectivity index (χ3v) is 2.31. The molecule has 5 heteroatoms. The Kier molecular flexibility index (Phi) is 3.63. The van der Waals surface area contributed by atoms with E-state index in [1.165, 1.54) is 0 Å². The Balaban J connectivity index is 3.01. The zero-order valence-corrected chi connectivity index (χ0v) is 10.0. The van der Waals surface area contributed by atoms with Gasteiger partial charge in [0.15, 0.2) is 0 Å². The van der Waals surface area contributed by atoms with Crippen LogP contribution in [-0.4, -0.2) is 33.9 Å². The summed E-state index contributed by atoms with van der Waals surface area (Å²) in [7, 11) is 1.73. The Morgan fingerprint density at radius 2 is 2.07 bits per heavy atom. The second kappa shape index (κ2) is 4.57. The summed E-state index contributed by atoms with van der Waals surface area (Å²) in [6.07, 6.45) is 0. The van der Waals surface area contributed by atoms with Crippen LogP contribution in [0.25, 0.3) is 0 Å². The van der Waals surface area contributed by atoms with Crippen LogP contribution in [0.4, 0.5) is 0 Å². The molecular weight excluding hydrogens is 214 g/mol. The van der Waals surface area contributed by atoms with Crippen molar-refractivity contribution in [3.63, 3.8) is 0 Å². The molecule has 0 aromatic carbocycles. The largest absolute Gasteiger partial charge is 0.338 e. The fourth-order valence-corrected chi connectivity index (χ4v) is 1.28. The van der Waals surface area contributed by atoms with E-state index in [9.17, 15) is 4.79 Å². The smallest absolute Gasteiger partial charge is 0.272 e. The van der Waals surface area contributed by atoms with E-state index < -0.39 is 0 Å². The minimum atomic E-state index is -0.141. The van der Waals surface area contributed by atoms with Crippen LogP contribution in [0.3, 0.4) is 0 Å². The molecule has 0 radical (unpaired) electrons. The van der Waals surface area contributed by atoms with E-state index in [4.69, 9.17) is 11.6 Å². The van der Waals surface area contributed by atoms with Gasteiger partial charge in [-0.15, -0.1) is 0 Å². The summed E-state index contributed by atoms with van der Waals surface area (Å²) in [5.41, 5.74) is 1.03. The molecule has 82 valence electrons. The number of amides is 1. The van der Waals surface area contributed by atoms with E-state index in [1.54, 1.807) is 24.9 Å². The van der Waals surface area contributed by atoms with Gasteiger partial charge in [-0.3, -0.25) is 4.79 Å². The number of hydrogen-bond acceptors (Lipinski definition) is 3. The average molecular weight is 228 g/mol. The molecule has 0 aliphatic carbocycles. The van der Waals surface area contributed by atoms with Crippen LogP contribution in [-0.2, 0) is 0 Å². The molecule has 15 heavy (non-hydrogen) atoms. The maximum atomic E-state index is 11.9. The number of carbonyl (C=O) groups is 1. The predicted molar refractivity (Wildman–Crippen MR) is 59.0 cm³/mol. The first kappa shape index (κ1) is 11.9. The molecule has 1 rings (SSSR count). The Morgan fingerprint density at radius 3 is 2.53 bits per heavy atom. The summed E-state index contributed by atoms with van der Waals surface area (Å²) in [4.78, 5) is 21.3. The van der Waals surface area contributed by atoms with Crippen molar-refractivity contribution in [2.24, 2.45) is 0 Å². The van der Waals surface area contributed by atoms with Crippen LogP contribution in [0.5, 0.6) is 0 Å². The van der Waals surface area contributed by atoms with Gasteiger partial charge < -0.3 is 4.90 Å². The minimum Gasteiger partial charge on any atom is -0.338 e. The van der Waals surface area contributed by atoms with E-state index in [0.29, 0.717) is 11.4 Å². The van der Waals surface area contributed by atoms with Crippen molar-refractivity contribution in [2.75, 3.05) is 7.05 Å². The van der Waals surface area contributed by atoms with Gasteiger partial charge in [-0.1, -0.05) is 0 Å². The first-order valence-electron chi connectivity index (χ1n) is 4.70. The summed E-state index contributed by atoms with van der Waals surface area (Å²) >= 11 is 5.69. The van der Waals surface area contributed by atoms with Crippen LogP contribution in [0.2, 0.25) is 5.28 Å². The van der Waals surface area contributed by atoms with Crippen molar-refractivity contribution in [3.8, 4) is 0 Å².